The molecule has 4 N–H and O–H groups in total. The molecule has 2 heterocycles. The summed E-state index contributed by atoms with van der Waals surface area (Å²) in [6.07, 6.45) is 24.0. The van der Waals surface area contributed by atoms with Gasteiger partial charge < -0.3 is 29.5 Å². The van der Waals surface area contributed by atoms with E-state index in [4.69, 9.17) is 32.7 Å². The quantitative estimate of drug-likeness (QED) is 0.0354. The normalized spacial score (nSPS) is 22.9. The lowest BCUT2D eigenvalue weighted by Gasteiger charge is -2.45. The first-order chi connectivity index (χ1) is 50.0. The molecule has 0 saturated heterocycles. The fourth-order valence-corrected chi connectivity index (χ4v) is 21.9. The summed E-state index contributed by atoms with van der Waals surface area (Å²) in [6.45, 7) is 24.5. The molecule has 0 unspecified atom stereocenters. The first-order valence-electron chi connectivity index (χ1n) is 38.1. The minimum atomic E-state index is -4.25. The minimum Gasteiger partial charge on any atom is -0.490 e. The standard InChI is InChI=1S/2C41H57ClN2O7S2/c2*1-6-8-10-14-37(45)34-18-15-31(34)26-44-27-41(22-11-12-29-24-32(42)17-19-35(29)41)28-51-38-20-16-30(25-36(38)44)39(46)43-53(49,50)33(13-9-7-2)21-23-52(47,48)40(3,4)5/h2*7,10,14,16-17,19-20,24-25,31,33-34,37,45H,2,6,8-9,11-13,15,18,21-23,26-28H2,1,3-5H3,(H,43,46)/b2*14-10+/t31-,33+,34+,37-,41-;31-,33-,34+,37-,41-/m00/s1. The first kappa shape index (κ1) is 84.3. The number of hydrogen-bond acceptors (Lipinski definition) is 16. The average Bonchev–Trinajstić information content (AvgIpc) is 1.51. The molecule has 4 aromatic rings. The van der Waals surface area contributed by atoms with Gasteiger partial charge in [0.05, 0.1) is 68.3 Å². The summed E-state index contributed by atoms with van der Waals surface area (Å²) in [6, 6.07) is 22.2. The molecule has 4 aliphatic carbocycles. The molecule has 10 atom stereocenters. The summed E-state index contributed by atoms with van der Waals surface area (Å²) in [5.74, 6) is -0.363. The lowest BCUT2D eigenvalue weighted by Crippen LogP contribution is -2.49. The van der Waals surface area contributed by atoms with Crippen molar-refractivity contribution in [2.24, 2.45) is 23.7 Å². The summed E-state index contributed by atoms with van der Waals surface area (Å²) in [5, 5.41) is 21.4. The summed E-state index contributed by atoms with van der Waals surface area (Å²) in [7, 11) is -15.7. The zero-order chi connectivity index (χ0) is 77.2. The average molecular weight is 1580 g/mol. The smallest absolute Gasteiger partial charge is 0.264 e. The zero-order valence-electron chi connectivity index (χ0n) is 63.3. The Kier molecular flexibility index (Phi) is 28.3. The van der Waals surface area contributed by atoms with E-state index in [2.05, 4.69) is 70.5 Å². The number of ether oxygens (including phenoxy) is 2. The van der Waals surface area contributed by atoms with E-state index in [1.807, 2.05) is 36.4 Å². The van der Waals surface area contributed by atoms with Gasteiger partial charge in [-0.2, -0.15) is 0 Å². The van der Waals surface area contributed by atoms with E-state index in [0.717, 1.165) is 89.9 Å². The number of aliphatic hydroxyl groups excluding tert-OH is 2. The Morgan fingerprint density at radius 1 is 0.566 bits per heavy atom. The van der Waals surface area contributed by atoms with Crippen molar-refractivity contribution in [1.82, 2.24) is 9.44 Å². The number of unbranched alkanes of at least 4 members (excludes halogenated alkanes) is 2. The number of aryl methyl sites for hydroxylation is 2. The van der Waals surface area contributed by atoms with E-state index in [0.29, 0.717) is 85.2 Å². The number of sulfonamides is 2. The van der Waals surface area contributed by atoms with Crippen molar-refractivity contribution in [1.29, 1.82) is 0 Å². The van der Waals surface area contributed by atoms with E-state index in [1.54, 1.807) is 90.1 Å². The second kappa shape index (κ2) is 35.5. The molecule has 2 aliphatic heterocycles. The molecule has 4 aromatic carbocycles. The molecule has 18 nitrogen and oxygen atoms in total. The highest BCUT2D eigenvalue weighted by Crippen LogP contribution is 2.50. The van der Waals surface area contributed by atoms with E-state index < -0.39 is 83.7 Å². The SMILES string of the molecule is C=CCC[C@@H](CCS(=O)(=O)C(C)(C)C)S(=O)(=O)NC(=O)c1ccc2c(c1)N(C[C@@H]1CC[C@H]1[C@@H](O)/C=C/CCC)C[C@@]1(CCCc3cc(Cl)ccc31)CO2.C=CCC[C@H](CCS(=O)(=O)C(C)(C)C)S(=O)(=O)NC(=O)c1ccc2c(c1)N(C[C@@H]1CC[C@H]1[C@@H](O)/C=C/CCC)C[C@@]1(CCCc3cc(Cl)ccc31)CO2. The van der Waals surface area contributed by atoms with Gasteiger partial charge in [-0.15, -0.1) is 13.2 Å². The van der Waals surface area contributed by atoms with Crippen LogP contribution in [0.4, 0.5) is 11.4 Å². The number of carbonyl (C=O) groups excluding carboxylic acids is 2. The van der Waals surface area contributed by atoms with Crippen LogP contribution in [0, 0.1) is 23.7 Å². The second-order valence-electron chi connectivity index (χ2n) is 32.4. The molecule has 106 heavy (non-hydrogen) atoms. The Morgan fingerprint density at radius 2 is 0.953 bits per heavy atom. The molecular weight excluding hydrogens is 1460 g/mol. The number of rotatable bonds is 30. The van der Waals surface area contributed by atoms with Gasteiger partial charge in [0.2, 0.25) is 20.0 Å². The van der Waals surface area contributed by atoms with Crippen molar-refractivity contribution in [2.75, 3.05) is 60.7 Å². The maximum atomic E-state index is 13.8. The van der Waals surface area contributed by atoms with E-state index >= 15 is 0 Å². The largest absolute Gasteiger partial charge is 0.490 e. The van der Waals surface area contributed by atoms with Crippen LogP contribution < -0.4 is 28.7 Å². The molecule has 0 bridgehead atoms. The van der Waals surface area contributed by atoms with E-state index in [9.17, 15) is 53.5 Å². The van der Waals surface area contributed by atoms with Gasteiger partial charge in [0.25, 0.3) is 11.8 Å². The Hall–Kier alpha value is -5.72. The van der Waals surface area contributed by atoms with Crippen LogP contribution in [0.1, 0.15) is 214 Å². The van der Waals surface area contributed by atoms with Gasteiger partial charge in [0.15, 0.2) is 19.7 Å². The number of hydrogen-bond donors (Lipinski definition) is 4. The lowest BCUT2D eigenvalue weighted by atomic mass is 9.68. The topological polar surface area (TPSA) is 260 Å². The predicted octanol–water partition coefficient (Wildman–Crippen LogP) is 15.1. The fraction of sp³-hybridized carbons (Fsp3) is 0.585. The number of halogens is 2. The van der Waals surface area contributed by atoms with Crippen LogP contribution in [0.2, 0.25) is 10.0 Å². The van der Waals surface area contributed by atoms with Gasteiger partial charge in [0, 0.05) is 58.2 Å². The van der Waals surface area contributed by atoms with Crippen molar-refractivity contribution in [3.05, 3.63) is 166 Å². The minimum absolute atomic E-state index is 0.107. The van der Waals surface area contributed by atoms with Crippen molar-refractivity contribution >= 4 is 86.1 Å². The lowest BCUT2D eigenvalue weighted by molar-refractivity contribution is 0.0454. The molecule has 2 saturated carbocycles. The number of nitrogens with zero attached hydrogens (tertiary/aromatic N) is 2. The monoisotopic (exact) mass is 1580 g/mol. The molecule has 2 spiro atoms. The van der Waals surface area contributed by atoms with Gasteiger partial charge in [0.1, 0.15) is 11.5 Å². The summed E-state index contributed by atoms with van der Waals surface area (Å²) >= 11 is 12.9. The van der Waals surface area contributed by atoms with Crippen molar-refractivity contribution in [3.63, 3.8) is 0 Å². The summed E-state index contributed by atoms with van der Waals surface area (Å²) in [4.78, 5) is 32.1. The third-order valence-corrected chi connectivity index (χ3v) is 32.3. The van der Waals surface area contributed by atoms with Gasteiger partial charge >= 0.3 is 0 Å². The maximum absolute atomic E-state index is 13.8. The van der Waals surface area contributed by atoms with Crippen molar-refractivity contribution < 1.29 is 62.9 Å². The highest BCUT2D eigenvalue weighted by Gasteiger charge is 2.47. The second-order valence-corrected chi connectivity index (χ2v) is 42.9. The van der Waals surface area contributed by atoms with Crippen LogP contribution in [-0.2, 0) is 63.4 Å². The molecule has 10 rings (SSSR count). The molecular formula is C82H114Cl2N4O14S4. The maximum Gasteiger partial charge on any atom is 0.264 e. The zero-order valence-corrected chi connectivity index (χ0v) is 68.1. The third kappa shape index (κ3) is 20.3. The first-order valence-corrected chi connectivity index (χ1v) is 45.2. The molecule has 0 aromatic heterocycles. The summed E-state index contributed by atoms with van der Waals surface area (Å²) in [5.41, 5.74) is 5.88. The predicted molar refractivity (Wildman–Crippen MR) is 428 cm³/mol. The van der Waals surface area contributed by atoms with Crippen molar-refractivity contribution in [3.8, 4) is 11.5 Å². The summed E-state index contributed by atoms with van der Waals surface area (Å²) < 4.78 is 122. The molecule has 584 valence electrons. The van der Waals surface area contributed by atoms with Gasteiger partial charge in [-0.1, -0.05) is 98.5 Å². The van der Waals surface area contributed by atoms with Crippen LogP contribution >= 0.6 is 23.2 Å². The number of amides is 2. The van der Waals surface area contributed by atoms with Crippen LogP contribution in [0.5, 0.6) is 11.5 Å². The van der Waals surface area contributed by atoms with E-state index in [-0.39, 0.29) is 82.8 Å². The number of allylic oxidation sites excluding steroid dienone is 4. The van der Waals surface area contributed by atoms with Gasteiger partial charge in [-0.3, -0.25) is 9.59 Å². The highest BCUT2D eigenvalue weighted by atomic mass is 35.5. The molecule has 2 fully saturated rings. The number of sulfone groups is 2. The number of anilines is 2. The number of benzene rings is 4. The van der Waals surface area contributed by atoms with Gasteiger partial charge in [-0.25, -0.2) is 43.1 Å². The number of fused-ring (bicyclic) bond motifs is 6. The Morgan fingerprint density at radius 3 is 1.29 bits per heavy atom. The van der Waals surface area contributed by atoms with Crippen LogP contribution in [0.3, 0.4) is 0 Å². The Bertz CT molecular complexity index is 4050. The molecule has 2 amide bonds. The number of nitrogens with one attached hydrogen (secondary N) is 2. The highest BCUT2D eigenvalue weighted by molar-refractivity contribution is 7.93. The Balaban J connectivity index is 0.000000245. The number of aliphatic hydroxyl groups is 2. The third-order valence-electron chi connectivity index (χ3n) is 22.9. The van der Waals surface area contributed by atoms with Gasteiger partial charge in [-0.05, 0) is 264 Å². The fourth-order valence-electron chi connectivity index (χ4n) is 16.0. The van der Waals surface area contributed by atoms with Crippen LogP contribution in [0.25, 0.3) is 0 Å². The molecule has 6 aliphatic rings. The van der Waals surface area contributed by atoms with Crippen molar-refractivity contribution in [2.45, 2.75) is 227 Å². The molecule has 0 radical (unpaired) electrons. The van der Waals surface area contributed by atoms with E-state index in [1.165, 1.54) is 22.3 Å². The Labute approximate surface area is 642 Å². The number of carbonyl (C=O) groups is 2. The van der Waals surface area contributed by atoms with Crippen LogP contribution in [-0.4, -0.2) is 139 Å². The molecule has 24 heteroatoms. The van der Waals surface area contributed by atoms with Crippen LogP contribution in [0.15, 0.2) is 122 Å².